The first-order valence-corrected chi connectivity index (χ1v) is 5.50. The number of aromatic carboxylic acids is 1. The summed E-state index contributed by atoms with van der Waals surface area (Å²) in [6, 6.07) is 0. The normalized spacial score (nSPS) is 11.1. The maximum atomic E-state index is 10.9. The summed E-state index contributed by atoms with van der Waals surface area (Å²) in [4.78, 5) is 16.6. The zero-order valence-electron chi connectivity index (χ0n) is 7.54. The number of nitrogens with zero attached hydrogens (tertiary/aromatic N) is 2. The Morgan fingerprint density at radius 1 is 1.57 bits per heavy atom. The van der Waals surface area contributed by atoms with Crippen molar-refractivity contribution in [2.75, 3.05) is 0 Å². The van der Waals surface area contributed by atoms with Gasteiger partial charge in [-0.3, -0.25) is 4.40 Å². The van der Waals surface area contributed by atoms with Gasteiger partial charge in [0.05, 0.1) is 0 Å². The van der Waals surface area contributed by atoms with Crippen molar-refractivity contribution >= 4 is 38.1 Å². The van der Waals surface area contributed by atoms with Crippen LogP contribution in [0.1, 0.15) is 21.1 Å². The molecule has 0 bridgehead atoms. The van der Waals surface area contributed by atoms with Crippen LogP contribution in [0.3, 0.4) is 0 Å². The topological polar surface area (TPSA) is 54.6 Å². The number of carboxylic acids is 1. The van der Waals surface area contributed by atoms with Crippen LogP contribution in [0.5, 0.6) is 0 Å². The second kappa shape index (κ2) is 3.06. The van der Waals surface area contributed by atoms with Crippen LogP contribution in [0.25, 0.3) is 4.83 Å². The molecule has 0 aromatic carbocycles. The van der Waals surface area contributed by atoms with Crippen molar-refractivity contribution in [2.45, 2.75) is 13.8 Å². The van der Waals surface area contributed by atoms with Gasteiger partial charge >= 0.3 is 5.97 Å². The number of carboxylic acid groups (broad SMARTS) is 1. The number of rotatable bonds is 1. The van der Waals surface area contributed by atoms with E-state index in [0.717, 1.165) is 10.6 Å². The van der Waals surface area contributed by atoms with E-state index in [1.54, 1.807) is 0 Å². The lowest BCUT2D eigenvalue weighted by atomic mass is 10.4. The molecule has 2 rings (SSSR count). The van der Waals surface area contributed by atoms with E-state index in [4.69, 9.17) is 5.11 Å². The van der Waals surface area contributed by atoms with Crippen molar-refractivity contribution in [3.05, 3.63) is 21.0 Å². The van der Waals surface area contributed by atoms with Gasteiger partial charge < -0.3 is 5.11 Å². The fourth-order valence-corrected chi connectivity index (χ4v) is 3.09. The summed E-state index contributed by atoms with van der Waals surface area (Å²) in [5, 5.41) is 8.91. The molecule has 0 amide bonds. The van der Waals surface area contributed by atoms with Gasteiger partial charge in [-0.1, -0.05) is 0 Å². The third kappa shape index (κ3) is 1.18. The first-order chi connectivity index (χ1) is 6.52. The zero-order chi connectivity index (χ0) is 10.5. The third-order valence-corrected chi connectivity index (χ3v) is 3.79. The number of carbonyl (C=O) groups is 1. The smallest absolute Gasteiger partial charge is 0.357 e. The summed E-state index contributed by atoms with van der Waals surface area (Å²) in [6.45, 7) is 3.90. The Hall–Kier alpha value is -0.880. The highest BCUT2D eigenvalue weighted by Crippen LogP contribution is 2.28. The van der Waals surface area contributed by atoms with Gasteiger partial charge in [0.2, 0.25) is 0 Å². The Balaban J connectivity index is 2.90. The maximum absolute atomic E-state index is 10.9. The fourth-order valence-electron chi connectivity index (χ4n) is 1.28. The van der Waals surface area contributed by atoms with Gasteiger partial charge in [0, 0.05) is 10.6 Å². The average Bonchev–Trinajstić information content (AvgIpc) is 2.55. The first kappa shape index (κ1) is 9.67. The molecule has 4 nitrogen and oxygen atoms in total. The van der Waals surface area contributed by atoms with Crippen molar-refractivity contribution in [3.63, 3.8) is 0 Å². The fraction of sp³-hybridized carbons (Fsp3) is 0.250. The van der Waals surface area contributed by atoms with E-state index >= 15 is 0 Å². The Labute approximate surface area is 92.3 Å². The van der Waals surface area contributed by atoms with Gasteiger partial charge in [-0.2, -0.15) is 0 Å². The first-order valence-electron chi connectivity index (χ1n) is 3.89. The second-order valence-corrected chi connectivity index (χ2v) is 4.83. The number of hydrogen-bond acceptors (Lipinski definition) is 3. The van der Waals surface area contributed by atoms with Crippen LogP contribution in [0.4, 0.5) is 0 Å². The van der Waals surface area contributed by atoms with Crippen LogP contribution < -0.4 is 0 Å². The lowest BCUT2D eigenvalue weighted by molar-refractivity contribution is 0.0693. The molecule has 0 unspecified atom stereocenters. The Morgan fingerprint density at radius 2 is 2.21 bits per heavy atom. The van der Waals surface area contributed by atoms with E-state index in [1.165, 1.54) is 11.3 Å². The summed E-state index contributed by atoms with van der Waals surface area (Å²) >= 11 is 4.69. The molecular weight excluding hydrogens is 268 g/mol. The number of imidazole rings is 1. The molecule has 0 atom stereocenters. The Kier molecular flexibility index (Phi) is 2.11. The zero-order valence-corrected chi connectivity index (χ0v) is 9.94. The SMILES string of the molecule is Cc1sc2c(C(=O)O)nc(Br)n2c1C. The molecule has 2 aromatic heterocycles. The lowest BCUT2D eigenvalue weighted by Gasteiger charge is -1.90. The maximum Gasteiger partial charge on any atom is 0.357 e. The third-order valence-electron chi connectivity index (χ3n) is 2.09. The molecule has 14 heavy (non-hydrogen) atoms. The Bertz CT molecular complexity index is 529. The predicted molar refractivity (Wildman–Crippen MR) is 57.2 cm³/mol. The van der Waals surface area contributed by atoms with Gasteiger partial charge in [-0.15, -0.1) is 11.3 Å². The summed E-state index contributed by atoms with van der Waals surface area (Å²) in [7, 11) is 0. The average molecular weight is 275 g/mol. The molecule has 0 aliphatic rings. The molecule has 0 fully saturated rings. The van der Waals surface area contributed by atoms with Crippen molar-refractivity contribution in [1.29, 1.82) is 0 Å². The van der Waals surface area contributed by atoms with Gasteiger partial charge in [0.25, 0.3) is 0 Å². The minimum atomic E-state index is -0.991. The van der Waals surface area contributed by atoms with E-state index in [1.807, 2.05) is 18.2 Å². The minimum absolute atomic E-state index is 0.109. The molecule has 1 N–H and O–H groups in total. The monoisotopic (exact) mass is 274 g/mol. The standard InChI is InChI=1S/C8H7BrN2O2S/c1-3-4(2)14-6-5(7(12)13)10-8(9)11(3)6/h1-2H3,(H,12,13). The summed E-state index contributed by atoms with van der Waals surface area (Å²) < 4.78 is 2.36. The quantitative estimate of drug-likeness (QED) is 0.869. The van der Waals surface area contributed by atoms with E-state index in [2.05, 4.69) is 20.9 Å². The number of fused-ring (bicyclic) bond motifs is 1. The molecule has 6 heteroatoms. The highest BCUT2D eigenvalue weighted by atomic mass is 79.9. The second-order valence-electron chi connectivity index (χ2n) is 2.92. The van der Waals surface area contributed by atoms with Crippen molar-refractivity contribution in [2.24, 2.45) is 0 Å². The van der Waals surface area contributed by atoms with Crippen molar-refractivity contribution in [3.8, 4) is 0 Å². The van der Waals surface area contributed by atoms with Crippen LogP contribution in [-0.2, 0) is 0 Å². The van der Waals surface area contributed by atoms with Gasteiger partial charge in [0.1, 0.15) is 4.83 Å². The van der Waals surface area contributed by atoms with Crippen LogP contribution in [0.2, 0.25) is 0 Å². The van der Waals surface area contributed by atoms with E-state index in [0.29, 0.717) is 9.56 Å². The predicted octanol–water partition coefficient (Wildman–Crippen LogP) is 2.47. The molecule has 2 aromatic rings. The summed E-state index contributed by atoms with van der Waals surface area (Å²) in [6.07, 6.45) is 0. The molecular formula is C8H7BrN2O2S. The minimum Gasteiger partial charge on any atom is -0.476 e. The summed E-state index contributed by atoms with van der Waals surface area (Å²) in [5.41, 5.74) is 1.13. The molecule has 0 saturated carbocycles. The van der Waals surface area contributed by atoms with Crippen LogP contribution in [0.15, 0.2) is 4.73 Å². The molecule has 2 heterocycles. The molecule has 74 valence electrons. The number of thiazole rings is 1. The summed E-state index contributed by atoms with van der Waals surface area (Å²) in [5.74, 6) is -0.991. The highest BCUT2D eigenvalue weighted by molar-refractivity contribution is 9.10. The number of aryl methyl sites for hydroxylation is 2. The van der Waals surface area contributed by atoms with E-state index in [9.17, 15) is 4.79 Å². The number of aromatic nitrogens is 2. The number of halogens is 1. The van der Waals surface area contributed by atoms with Gasteiger partial charge in [-0.25, -0.2) is 9.78 Å². The van der Waals surface area contributed by atoms with Gasteiger partial charge in [-0.05, 0) is 29.8 Å². The van der Waals surface area contributed by atoms with Crippen LogP contribution in [0, 0.1) is 13.8 Å². The van der Waals surface area contributed by atoms with Gasteiger partial charge in [0.15, 0.2) is 10.4 Å². The highest BCUT2D eigenvalue weighted by Gasteiger charge is 2.19. The van der Waals surface area contributed by atoms with E-state index in [-0.39, 0.29) is 5.69 Å². The molecule has 0 saturated heterocycles. The molecule has 0 aliphatic carbocycles. The lowest BCUT2D eigenvalue weighted by Crippen LogP contribution is -1.95. The van der Waals surface area contributed by atoms with E-state index < -0.39 is 5.97 Å². The number of hydrogen-bond donors (Lipinski definition) is 1. The van der Waals surface area contributed by atoms with Crippen molar-refractivity contribution < 1.29 is 9.90 Å². The van der Waals surface area contributed by atoms with Crippen LogP contribution >= 0.6 is 27.3 Å². The van der Waals surface area contributed by atoms with Crippen molar-refractivity contribution in [1.82, 2.24) is 9.38 Å². The largest absolute Gasteiger partial charge is 0.476 e. The van der Waals surface area contributed by atoms with Crippen LogP contribution in [-0.4, -0.2) is 20.5 Å². The molecule has 0 aliphatic heterocycles. The molecule has 0 spiro atoms. The Morgan fingerprint density at radius 3 is 2.79 bits per heavy atom. The molecule has 0 radical (unpaired) electrons.